The Morgan fingerprint density at radius 1 is 1.54 bits per heavy atom. The second kappa shape index (κ2) is 7.89. The lowest BCUT2D eigenvalue weighted by Crippen LogP contribution is -2.21. The number of carbonyl (C=O) groups is 1. The lowest BCUT2D eigenvalue weighted by Gasteiger charge is -2.14. The maximum Gasteiger partial charge on any atom is 0.354 e. The smallest absolute Gasteiger partial charge is 0.354 e. The first-order valence-corrected chi connectivity index (χ1v) is 4.27. The van der Waals surface area contributed by atoms with Crippen LogP contribution < -0.4 is 6.15 Å². The minimum absolute atomic E-state index is 0. The van der Waals surface area contributed by atoms with Gasteiger partial charge in [0.15, 0.2) is 0 Å². The standard InChI is InChI=1S/C8H14ClNO2.H3N/c1-4-12-8(11)7(5-6-9)10(2)3;/h5H,4,6H2,1-3H3;1H3. The molecule has 0 unspecified atom stereocenters. The van der Waals surface area contributed by atoms with Crippen molar-refractivity contribution in [3.05, 3.63) is 11.8 Å². The predicted octanol–water partition coefficient (Wildman–Crippen LogP) is 1.40. The largest absolute Gasteiger partial charge is 0.461 e. The summed E-state index contributed by atoms with van der Waals surface area (Å²) in [6, 6.07) is 0. The number of hydrogen-bond donors (Lipinski definition) is 1. The molecule has 0 fully saturated rings. The van der Waals surface area contributed by atoms with Crippen LogP contribution in [-0.4, -0.2) is 37.5 Å². The van der Waals surface area contributed by atoms with E-state index in [9.17, 15) is 4.79 Å². The molecule has 4 nitrogen and oxygen atoms in total. The van der Waals surface area contributed by atoms with E-state index in [1.54, 1.807) is 32.0 Å². The van der Waals surface area contributed by atoms with E-state index in [2.05, 4.69) is 0 Å². The number of hydrogen-bond acceptors (Lipinski definition) is 4. The van der Waals surface area contributed by atoms with E-state index in [1.165, 1.54) is 0 Å². The monoisotopic (exact) mass is 208 g/mol. The van der Waals surface area contributed by atoms with Crippen molar-refractivity contribution in [1.29, 1.82) is 0 Å². The fourth-order valence-electron chi connectivity index (χ4n) is 0.727. The van der Waals surface area contributed by atoms with Gasteiger partial charge < -0.3 is 15.8 Å². The van der Waals surface area contributed by atoms with Gasteiger partial charge in [-0.2, -0.15) is 0 Å². The van der Waals surface area contributed by atoms with E-state index >= 15 is 0 Å². The number of halogens is 1. The normalized spacial score (nSPS) is 10.3. The Labute approximate surface area is 84.1 Å². The summed E-state index contributed by atoms with van der Waals surface area (Å²) < 4.78 is 4.81. The Kier molecular flexibility index (Phi) is 8.96. The molecule has 0 rings (SSSR count). The minimum Gasteiger partial charge on any atom is -0.461 e. The molecule has 0 aromatic carbocycles. The van der Waals surface area contributed by atoms with E-state index in [-0.39, 0.29) is 12.1 Å². The third-order valence-electron chi connectivity index (χ3n) is 1.24. The van der Waals surface area contributed by atoms with Crippen LogP contribution in [0.1, 0.15) is 6.92 Å². The Morgan fingerprint density at radius 2 is 2.08 bits per heavy atom. The number of alkyl halides is 1. The van der Waals surface area contributed by atoms with E-state index < -0.39 is 0 Å². The SMILES string of the molecule is CCOC(=O)C(=CCCl)N(C)C.N. The molecule has 0 spiro atoms. The second-order valence-corrected chi connectivity index (χ2v) is 2.67. The fraction of sp³-hybridized carbons (Fsp3) is 0.625. The van der Waals surface area contributed by atoms with Crippen molar-refractivity contribution in [3.63, 3.8) is 0 Å². The molecule has 0 radical (unpaired) electrons. The topological polar surface area (TPSA) is 64.5 Å². The summed E-state index contributed by atoms with van der Waals surface area (Å²) in [5, 5.41) is 0. The molecule has 0 aromatic rings. The first kappa shape index (κ1) is 14.8. The molecule has 78 valence electrons. The molecule has 0 aliphatic heterocycles. The molecule has 13 heavy (non-hydrogen) atoms. The van der Waals surface area contributed by atoms with Gasteiger partial charge in [0.05, 0.1) is 6.61 Å². The molecule has 0 heterocycles. The van der Waals surface area contributed by atoms with Crippen LogP contribution in [0.25, 0.3) is 0 Å². The molecule has 0 atom stereocenters. The highest BCUT2D eigenvalue weighted by Gasteiger charge is 2.11. The highest BCUT2D eigenvalue weighted by Crippen LogP contribution is 2.02. The summed E-state index contributed by atoms with van der Waals surface area (Å²) in [5.74, 6) is -0.0186. The average molecular weight is 209 g/mol. The lowest BCUT2D eigenvalue weighted by atomic mass is 10.4. The number of ether oxygens (including phenoxy) is 1. The van der Waals surface area contributed by atoms with Gasteiger partial charge in [0.1, 0.15) is 5.70 Å². The van der Waals surface area contributed by atoms with E-state index in [0.29, 0.717) is 18.2 Å². The van der Waals surface area contributed by atoms with Gasteiger partial charge in [0, 0.05) is 20.0 Å². The van der Waals surface area contributed by atoms with Crippen molar-refractivity contribution in [2.24, 2.45) is 0 Å². The zero-order valence-electron chi connectivity index (χ0n) is 8.34. The first-order valence-electron chi connectivity index (χ1n) is 3.74. The van der Waals surface area contributed by atoms with Gasteiger partial charge >= 0.3 is 5.97 Å². The number of allylic oxidation sites excluding steroid dienone is 1. The Balaban J connectivity index is 0. The van der Waals surface area contributed by atoms with Crippen LogP contribution in [0.3, 0.4) is 0 Å². The molecule has 0 aliphatic carbocycles. The van der Waals surface area contributed by atoms with Crippen LogP contribution in [0.5, 0.6) is 0 Å². The van der Waals surface area contributed by atoms with Crippen LogP contribution >= 0.6 is 11.6 Å². The first-order chi connectivity index (χ1) is 5.63. The third kappa shape index (κ3) is 5.49. The lowest BCUT2D eigenvalue weighted by molar-refractivity contribution is -0.140. The molecular weight excluding hydrogens is 192 g/mol. The summed E-state index contributed by atoms with van der Waals surface area (Å²) in [5.41, 5.74) is 0.492. The summed E-state index contributed by atoms with van der Waals surface area (Å²) in [4.78, 5) is 12.9. The van der Waals surface area contributed by atoms with Gasteiger partial charge in [0.2, 0.25) is 0 Å². The van der Waals surface area contributed by atoms with Crippen molar-refractivity contribution in [1.82, 2.24) is 11.1 Å². The van der Waals surface area contributed by atoms with Crippen LogP contribution in [0, 0.1) is 0 Å². The van der Waals surface area contributed by atoms with Gasteiger partial charge in [-0.05, 0) is 13.0 Å². The maximum absolute atomic E-state index is 11.2. The molecule has 3 N–H and O–H groups in total. The van der Waals surface area contributed by atoms with Gasteiger partial charge in [-0.15, -0.1) is 11.6 Å². The molecule has 0 bridgehead atoms. The molecule has 5 heteroatoms. The Morgan fingerprint density at radius 3 is 2.38 bits per heavy atom. The van der Waals surface area contributed by atoms with Gasteiger partial charge in [-0.1, -0.05) is 0 Å². The van der Waals surface area contributed by atoms with Crippen molar-refractivity contribution in [2.75, 3.05) is 26.6 Å². The maximum atomic E-state index is 11.2. The van der Waals surface area contributed by atoms with Gasteiger partial charge in [0.25, 0.3) is 0 Å². The highest BCUT2D eigenvalue weighted by molar-refractivity contribution is 6.19. The summed E-state index contributed by atoms with van der Waals surface area (Å²) in [6.45, 7) is 2.15. The van der Waals surface area contributed by atoms with Crippen molar-refractivity contribution < 1.29 is 9.53 Å². The average Bonchev–Trinajstić information content (AvgIpc) is 1.99. The van der Waals surface area contributed by atoms with Crippen molar-refractivity contribution >= 4 is 17.6 Å². The number of nitrogens with zero attached hydrogens (tertiary/aromatic N) is 1. The zero-order valence-corrected chi connectivity index (χ0v) is 9.10. The predicted molar refractivity (Wildman–Crippen MR) is 54.1 cm³/mol. The second-order valence-electron chi connectivity index (χ2n) is 2.36. The molecular formula is C8H17ClN2O2. The van der Waals surface area contributed by atoms with E-state index in [1.807, 2.05) is 0 Å². The van der Waals surface area contributed by atoms with Crippen molar-refractivity contribution in [2.45, 2.75) is 6.92 Å². The van der Waals surface area contributed by atoms with Gasteiger partial charge in [-0.25, -0.2) is 4.79 Å². The molecule has 0 aromatic heterocycles. The summed E-state index contributed by atoms with van der Waals surface area (Å²) in [7, 11) is 3.55. The highest BCUT2D eigenvalue weighted by atomic mass is 35.5. The minimum atomic E-state index is -0.330. The number of likely N-dealkylation sites (N-methyl/N-ethyl adjacent to an activating group) is 1. The van der Waals surface area contributed by atoms with Crippen LogP contribution in [0.2, 0.25) is 0 Å². The third-order valence-corrected chi connectivity index (χ3v) is 1.39. The number of carbonyl (C=O) groups excluding carboxylic acids is 1. The van der Waals surface area contributed by atoms with Crippen LogP contribution in [-0.2, 0) is 9.53 Å². The number of esters is 1. The van der Waals surface area contributed by atoms with Gasteiger partial charge in [-0.3, -0.25) is 0 Å². The molecule has 0 aliphatic rings. The van der Waals surface area contributed by atoms with Crippen molar-refractivity contribution in [3.8, 4) is 0 Å². The van der Waals surface area contributed by atoms with Crippen LogP contribution in [0.15, 0.2) is 11.8 Å². The summed E-state index contributed by atoms with van der Waals surface area (Å²) in [6.07, 6.45) is 1.62. The Bertz CT molecular complexity index is 181. The zero-order chi connectivity index (χ0) is 9.56. The summed E-state index contributed by atoms with van der Waals surface area (Å²) >= 11 is 5.47. The van der Waals surface area contributed by atoms with E-state index in [4.69, 9.17) is 16.3 Å². The quantitative estimate of drug-likeness (QED) is 0.431. The Hall–Kier alpha value is -0.740. The molecule has 0 saturated carbocycles. The molecule has 0 saturated heterocycles. The fourth-order valence-corrected chi connectivity index (χ4v) is 0.873. The van der Waals surface area contributed by atoms with E-state index in [0.717, 1.165) is 0 Å². The molecule has 0 amide bonds. The van der Waals surface area contributed by atoms with Crippen LogP contribution in [0.4, 0.5) is 0 Å². The number of rotatable bonds is 4.